The van der Waals surface area contributed by atoms with E-state index in [4.69, 9.17) is 6.42 Å². The summed E-state index contributed by atoms with van der Waals surface area (Å²) in [6, 6.07) is 17.4. The van der Waals surface area contributed by atoms with Crippen LogP contribution in [0.2, 0.25) is 0 Å². The zero-order valence-corrected chi connectivity index (χ0v) is 11.3. The monoisotopic (exact) mass is 275 g/mol. The van der Waals surface area contributed by atoms with E-state index in [1.54, 1.807) is 4.68 Å². The van der Waals surface area contributed by atoms with Gasteiger partial charge in [-0.25, -0.2) is 0 Å². The molecule has 1 heterocycles. The molecule has 0 radical (unpaired) electrons. The maximum absolute atomic E-state index is 5.40. The lowest BCUT2D eigenvalue weighted by atomic mass is 10.2. The lowest BCUT2D eigenvalue weighted by molar-refractivity contribution is 0.768. The van der Waals surface area contributed by atoms with Crippen molar-refractivity contribution in [3.05, 3.63) is 66.0 Å². The van der Waals surface area contributed by atoms with Crippen LogP contribution in [0.1, 0.15) is 11.4 Å². The van der Waals surface area contributed by atoms with Gasteiger partial charge in [0.15, 0.2) is 5.82 Å². The first-order valence-electron chi connectivity index (χ1n) is 6.50. The predicted molar refractivity (Wildman–Crippen MR) is 80.9 cm³/mol. The number of tetrazole rings is 1. The standard InChI is InChI=1S/C16H13N5/c1-2-13-7-6-8-14(11-13)17-12-16-18-19-20-21(16)15-9-4-3-5-10-15/h1,3-11,17H,12H2. The second-order valence-electron chi connectivity index (χ2n) is 4.42. The number of hydrogen-bond acceptors (Lipinski definition) is 4. The van der Waals surface area contributed by atoms with Gasteiger partial charge in [0.2, 0.25) is 0 Å². The fourth-order valence-electron chi connectivity index (χ4n) is 1.99. The molecule has 5 heteroatoms. The van der Waals surface area contributed by atoms with Crippen molar-refractivity contribution in [1.29, 1.82) is 0 Å². The predicted octanol–water partition coefficient (Wildman–Crippen LogP) is 2.26. The van der Waals surface area contributed by atoms with E-state index in [0.29, 0.717) is 6.54 Å². The number of nitrogens with one attached hydrogen (secondary N) is 1. The SMILES string of the molecule is C#Cc1cccc(NCc2nnnn2-c2ccccc2)c1. The minimum atomic E-state index is 0.510. The Hall–Kier alpha value is -3.13. The maximum atomic E-state index is 5.40. The Morgan fingerprint density at radius 2 is 1.95 bits per heavy atom. The summed E-state index contributed by atoms with van der Waals surface area (Å²) >= 11 is 0. The molecule has 0 aliphatic heterocycles. The quantitative estimate of drug-likeness (QED) is 0.742. The Morgan fingerprint density at radius 3 is 2.76 bits per heavy atom. The van der Waals surface area contributed by atoms with Crippen LogP contribution in [0.4, 0.5) is 5.69 Å². The average Bonchev–Trinajstić information content (AvgIpc) is 3.02. The van der Waals surface area contributed by atoms with Crippen molar-refractivity contribution in [2.24, 2.45) is 0 Å². The molecule has 0 saturated carbocycles. The Balaban J connectivity index is 1.78. The number of terminal acetylenes is 1. The number of nitrogens with zero attached hydrogens (tertiary/aromatic N) is 4. The highest BCUT2D eigenvalue weighted by Crippen LogP contribution is 2.12. The summed E-state index contributed by atoms with van der Waals surface area (Å²) in [6.45, 7) is 0.510. The molecule has 0 atom stereocenters. The van der Waals surface area contributed by atoms with Crippen LogP contribution in [-0.2, 0) is 6.54 Å². The fourth-order valence-corrected chi connectivity index (χ4v) is 1.99. The van der Waals surface area contributed by atoms with Gasteiger partial charge in [-0.1, -0.05) is 30.2 Å². The molecular weight excluding hydrogens is 262 g/mol. The molecule has 21 heavy (non-hydrogen) atoms. The van der Waals surface area contributed by atoms with Crippen LogP contribution in [-0.4, -0.2) is 20.2 Å². The van der Waals surface area contributed by atoms with Gasteiger partial charge in [-0.15, -0.1) is 11.5 Å². The molecule has 1 aromatic heterocycles. The van der Waals surface area contributed by atoms with Crippen molar-refractivity contribution in [2.45, 2.75) is 6.54 Å². The Bertz CT molecular complexity index is 771. The van der Waals surface area contributed by atoms with Crippen LogP contribution in [0.5, 0.6) is 0 Å². The first kappa shape index (κ1) is 12.9. The molecule has 3 rings (SSSR count). The first-order chi connectivity index (χ1) is 10.4. The van der Waals surface area contributed by atoms with Crippen LogP contribution < -0.4 is 5.32 Å². The molecule has 1 N–H and O–H groups in total. The first-order valence-corrected chi connectivity index (χ1v) is 6.50. The normalized spacial score (nSPS) is 10.0. The van der Waals surface area contributed by atoms with Gasteiger partial charge in [-0.05, 0) is 40.8 Å². The van der Waals surface area contributed by atoms with Crippen molar-refractivity contribution in [3.63, 3.8) is 0 Å². The van der Waals surface area contributed by atoms with E-state index in [9.17, 15) is 0 Å². The van der Waals surface area contributed by atoms with Gasteiger partial charge in [-0.2, -0.15) is 4.68 Å². The molecule has 0 unspecified atom stereocenters. The number of rotatable bonds is 4. The third-order valence-corrected chi connectivity index (χ3v) is 3.01. The molecule has 0 saturated heterocycles. The topological polar surface area (TPSA) is 55.6 Å². The van der Waals surface area contributed by atoms with Crippen molar-refractivity contribution >= 4 is 5.69 Å². The number of benzene rings is 2. The molecule has 0 fully saturated rings. The maximum Gasteiger partial charge on any atom is 0.175 e. The lowest BCUT2D eigenvalue weighted by Gasteiger charge is -2.07. The van der Waals surface area contributed by atoms with Gasteiger partial charge in [0, 0.05) is 11.3 Å². The molecule has 0 amide bonds. The van der Waals surface area contributed by atoms with E-state index in [0.717, 1.165) is 22.8 Å². The van der Waals surface area contributed by atoms with Gasteiger partial charge in [0.25, 0.3) is 0 Å². The Kier molecular flexibility index (Phi) is 3.61. The highest BCUT2D eigenvalue weighted by molar-refractivity contribution is 5.50. The Labute approximate surface area is 122 Å². The minimum absolute atomic E-state index is 0.510. The Morgan fingerprint density at radius 1 is 1.10 bits per heavy atom. The van der Waals surface area contributed by atoms with Crippen molar-refractivity contribution in [1.82, 2.24) is 20.2 Å². The van der Waals surface area contributed by atoms with Crippen LogP contribution in [0, 0.1) is 12.3 Å². The number of hydrogen-bond donors (Lipinski definition) is 1. The van der Waals surface area contributed by atoms with Gasteiger partial charge in [0.1, 0.15) is 0 Å². The molecule has 0 aliphatic carbocycles. The van der Waals surface area contributed by atoms with Crippen molar-refractivity contribution in [3.8, 4) is 18.0 Å². The highest BCUT2D eigenvalue weighted by Gasteiger charge is 2.07. The van der Waals surface area contributed by atoms with Gasteiger partial charge >= 0.3 is 0 Å². The largest absolute Gasteiger partial charge is 0.378 e. The molecule has 5 nitrogen and oxygen atoms in total. The third-order valence-electron chi connectivity index (χ3n) is 3.01. The van der Waals surface area contributed by atoms with Crippen LogP contribution in [0.3, 0.4) is 0 Å². The summed E-state index contributed by atoms with van der Waals surface area (Å²) in [7, 11) is 0. The lowest BCUT2D eigenvalue weighted by Crippen LogP contribution is -2.08. The number of aromatic nitrogens is 4. The van der Waals surface area contributed by atoms with Crippen molar-refractivity contribution < 1.29 is 0 Å². The highest BCUT2D eigenvalue weighted by atomic mass is 15.5. The summed E-state index contributed by atoms with van der Waals surface area (Å²) in [5.74, 6) is 3.34. The average molecular weight is 275 g/mol. The van der Waals surface area contributed by atoms with Crippen molar-refractivity contribution in [2.75, 3.05) is 5.32 Å². The number of para-hydroxylation sites is 1. The van der Waals surface area contributed by atoms with E-state index in [1.807, 2.05) is 54.6 Å². The van der Waals surface area contributed by atoms with E-state index < -0.39 is 0 Å². The van der Waals surface area contributed by atoms with Crippen LogP contribution >= 0.6 is 0 Å². The zero-order valence-electron chi connectivity index (χ0n) is 11.3. The molecule has 102 valence electrons. The van der Waals surface area contributed by atoms with E-state index in [-0.39, 0.29) is 0 Å². The third kappa shape index (κ3) is 2.90. The van der Waals surface area contributed by atoms with Gasteiger partial charge in [-0.3, -0.25) is 0 Å². The van der Waals surface area contributed by atoms with Gasteiger partial charge < -0.3 is 5.32 Å². The minimum Gasteiger partial charge on any atom is -0.378 e. The number of anilines is 1. The second-order valence-corrected chi connectivity index (χ2v) is 4.42. The summed E-state index contributed by atoms with van der Waals surface area (Å²) in [5.41, 5.74) is 2.70. The van der Waals surface area contributed by atoms with E-state index >= 15 is 0 Å². The zero-order chi connectivity index (χ0) is 14.5. The smallest absolute Gasteiger partial charge is 0.175 e. The van der Waals surface area contributed by atoms with Gasteiger partial charge in [0.05, 0.1) is 12.2 Å². The molecule has 0 aliphatic rings. The summed E-state index contributed by atoms with van der Waals surface area (Å²) < 4.78 is 1.71. The van der Waals surface area contributed by atoms with Crippen LogP contribution in [0.25, 0.3) is 5.69 Å². The molecule has 2 aromatic carbocycles. The van der Waals surface area contributed by atoms with E-state index in [2.05, 4.69) is 26.8 Å². The second kappa shape index (κ2) is 5.88. The van der Waals surface area contributed by atoms with E-state index in [1.165, 1.54) is 0 Å². The fraction of sp³-hybridized carbons (Fsp3) is 0.0625. The molecule has 0 spiro atoms. The summed E-state index contributed by atoms with van der Waals surface area (Å²) in [4.78, 5) is 0. The molecule has 0 bridgehead atoms. The summed E-state index contributed by atoms with van der Waals surface area (Å²) in [5, 5.41) is 15.1. The molecule has 3 aromatic rings. The van der Waals surface area contributed by atoms with Crippen LogP contribution in [0.15, 0.2) is 54.6 Å². The summed E-state index contributed by atoms with van der Waals surface area (Å²) in [6.07, 6.45) is 5.40. The molecular formula is C16H13N5.